The van der Waals surface area contributed by atoms with E-state index in [0.717, 1.165) is 38.4 Å². The second-order valence-corrected chi connectivity index (χ2v) is 7.31. The number of likely N-dealkylation sites (N-methyl/N-ethyl adjacent to an activating group) is 1. The first-order valence-corrected chi connectivity index (χ1v) is 9.39. The van der Waals surface area contributed by atoms with Crippen LogP contribution in [-0.2, 0) is 4.74 Å². The Kier molecular flexibility index (Phi) is 6.40. The molecule has 3 rings (SSSR count). The van der Waals surface area contributed by atoms with E-state index in [1.165, 1.54) is 4.88 Å². The molecule has 0 bridgehead atoms. The molecule has 1 aliphatic heterocycles. The van der Waals surface area contributed by atoms with Gasteiger partial charge in [-0.05, 0) is 24.1 Å². The second-order valence-electron chi connectivity index (χ2n) is 6.33. The Morgan fingerprint density at radius 3 is 2.54 bits per heavy atom. The van der Waals surface area contributed by atoms with Crippen LogP contribution in [0.3, 0.4) is 0 Å². The van der Waals surface area contributed by atoms with Crippen molar-refractivity contribution >= 4 is 11.3 Å². The van der Waals surface area contributed by atoms with Gasteiger partial charge in [0.05, 0.1) is 25.4 Å². The van der Waals surface area contributed by atoms with Gasteiger partial charge in [0.25, 0.3) is 0 Å². The molecule has 1 aromatic carbocycles. The summed E-state index contributed by atoms with van der Waals surface area (Å²) in [6.45, 7) is 5.09. The van der Waals surface area contributed by atoms with Gasteiger partial charge in [0, 0.05) is 31.1 Å². The summed E-state index contributed by atoms with van der Waals surface area (Å²) in [7, 11) is 2.09. The van der Waals surface area contributed by atoms with Gasteiger partial charge in [-0.2, -0.15) is 0 Å². The molecule has 24 heavy (non-hydrogen) atoms. The fourth-order valence-corrected chi connectivity index (χ4v) is 4.05. The number of benzene rings is 1. The molecule has 0 amide bonds. The fourth-order valence-electron chi connectivity index (χ4n) is 3.20. The van der Waals surface area contributed by atoms with Crippen LogP contribution in [0.2, 0.25) is 0 Å². The Labute approximate surface area is 148 Å². The number of hydrogen-bond donors (Lipinski definition) is 1. The number of ether oxygens (including phenoxy) is 1. The molecule has 130 valence electrons. The van der Waals surface area contributed by atoms with Gasteiger partial charge in [0.2, 0.25) is 0 Å². The van der Waals surface area contributed by atoms with Crippen LogP contribution in [-0.4, -0.2) is 61.3 Å². The van der Waals surface area contributed by atoms with Crippen molar-refractivity contribution in [1.82, 2.24) is 9.80 Å². The summed E-state index contributed by atoms with van der Waals surface area (Å²) in [6.07, 6.45) is -0.454. The van der Waals surface area contributed by atoms with Gasteiger partial charge in [-0.3, -0.25) is 4.90 Å². The highest BCUT2D eigenvalue weighted by Crippen LogP contribution is 2.27. The molecule has 0 spiro atoms. The maximum Gasteiger partial charge on any atom is 0.0916 e. The summed E-state index contributed by atoms with van der Waals surface area (Å²) in [5.74, 6) is 0. The zero-order valence-corrected chi connectivity index (χ0v) is 15.0. The largest absolute Gasteiger partial charge is 0.387 e. The molecule has 0 radical (unpaired) electrons. The molecule has 1 saturated heterocycles. The molecule has 0 saturated carbocycles. The van der Waals surface area contributed by atoms with E-state index >= 15 is 0 Å². The highest BCUT2D eigenvalue weighted by atomic mass is 32.1. The third kappa shape index (κ3) is 4.65. The molecule has 0 aliphatic carbocycles. The van der Waals surface area contributed by atoms with Gasteiger partial charge in [-0.1, -0.05) is 36.4 Å². The number of nitrogens with zero attached hydrogens (tertiary/aromatic N) is 2. The lowest BCUT2D eigenvalue weighted by molar-refractivity contribution is 0.00692. The lowest BCUT2D eigenvalue weighted by Gasteiger charge is -2.36. The number of aliphatic hydroxyl groups excluding tert-OH is 1. The first-order chi connectivity index (χ1) is 11.7. The van der Waals surface area contributed by atoms with Crippen LogP contribution in [0, 0.1) is 0 Å². The third-order valence-electron chi connectivity index (χ3n) is 4.51. The monoisotopic (exact) mass is 346 g/mol. The fraction of sp³-hybridized carbons (Fsp3) is 0.474. The minimum Gasteiger partial charge on any atom is -0.387 e. The van der Waals surface area contributed by atoms with Crippen LogP contribution in [0.25, 0.3) is 0 Å². The molecule has 1 fully saturated rings. The highest BCUT2D eigenvalue weighted by Gasteiger charge is 2.25. The van der Waals surface area contributed by atoms with Gasteiger partial charge >= 0.3 is 0 Å². The summed E-state index contributed by atoms with van der Waals surface area (Å²) in [5, 5.41) is 12.6. The maximum atomic E-state index is 10.5. The van der Waals surface area contributed by atoms with E-state index in [2.05, 4.69) is 34.4 Å². The van der Waals surface area contributed by atoms with Crippen LogP contribution >= 0.6 is 11.3 Å². The predicted octanol–water partition coefficient (Wildman–Crippen LogP) is 2.79. The lowest BCUT2D eigenvalue weighted by Crippen LogP contribution is -2.43. The molecule has 2 aromatic rings. The molecule has 2 heterocycles. The second kappa shape index (κ2) is 8.74. The SMILES string of the molecule is CN(CC(O)c1ccccc1)CC(c1cccs1)N1CCOCC1. The Morgan fingerprint density at radius 2 is 1.88 bits per heavy atom. The number of thiophene rings is 1. The number of rotatable bonds is 7. The quantitative estimate of drug-likeness (QED) is 0.836. The van der Waals surface area contributed by atoms with Crippen LogP contribution in [0.5, 0.6) is 0 Å². The smallest absolute Gasteiger partial charge is 0.0916 e. The Bertz CT molecular complexity index is 585. The van der Waals surface area contributed by atoms with E-state index in [4.69, 9.17) is 4.74 Å². The summed E-state index contributed by atoms with van der Waals surface area (Å²) in [4.78, 5) is 6.12. The molecule has 1 N–H and O–H groups in total. The van der Waals surface area contributed by atoms with E-state index < -0.39 is 6.10 Å². The molecular formula is C19H26N2O2S. The van der Waals surface area contributed by atoms with Gasteiger partial charge in [-0.15, -0.1) is 11.3 Å². The Morgan fingerprint density at radius 1 is 1.12 bits per heavy atom. The molecule has 2 unspecified atom stereocenters. The number of aliphatic hydroxyl groups is 1. The summed E-state index contributed by atoms with van der Waals surface area (Å²) in [5.41, 5.74) is 0.975. The van der Waals surface area contributed by atoms with Crippen molar-refractivity contribution in [2.24, 2.45) is 0 Å². The van der Waals surface area contributed by atoms with Crippen molar-refractivity contribution in [2.45, 2.75) is 12.1 Å². The zero-order chi connectivity index (χ0) is 16.8. The van der Waals surface area contributed by atoms with Crippen molar-refractivity contribution in [3.8, 4) is 0 Å². The van der Waals surface area contributed by atoms with Crippen molar-refractivity contribution in [2.75, 3.05) is 46.4 Å². The molecule has 1 aromatic heterocycles. The van der Waals surface area contributed by atoms with Gasteiger partial charge < -0.3 is 14.7 Å². The molecule has 4 nitrogen and oxygen atoms in total. The van der Waals surface area contributed by atoms with Crippen molar-refractivity contribution in [1.29, 1.82) is 0 Å². The van der Waals surface area contributed by atoms with Gasteiger partial charge in [0.1, 0.15) is 0 Å². The average molecular weight is 346 g/mol. The third-order valence-corrected chi connectivity index (χ3v) is 5.49. The topological polar surface area (TPSA) is 35.9 Å². The van der Waals surface area contributed by atoms with Gasteiger partial charge in [-0.25, -0.2) is 0 Å². The van der Waals surface area contributed by atoms with Crippen molar-refractivity contribution in [3.63, 3.8) is 0 Å². The maximum absolute atomic E-state index is 10.5. The van der Waals surface area contributed by atoms with E-state index in [0.29, 0.717) is 12.6 Å². The predicted molar refractivity (Wildman–Crippen MR) is 98.4 cm³/mol. The number of morpholine rings is 1. The average Bonchev–Trinajstić information content (AvgIpc) is 3.15. The highest BCUT2D eigenvalue weighted by molar-refractivity contribution is 7.10. The van der Waals surface area contributed by atoms with Crippen LogP contribution in [0.1, 0.15) is 22.6 Å². The van der Waals surface area contributed by atoms with Crippen LogP contribution < -0.4 is 0 Å². The Hall–Kier alpha value is -1.24. The van der Waals surface area contributed by atoms with E-state index in [1.807, 2.05) is 41.7 Å². The van der Waals surface area contributed by atoms with Crippen LogP contribution in [0.15, 0.2) is 47.8 Å². The summed E-state index contributed by atoms with van der Waals surface area (Å²) in [6, 6.07) is 14.6. The molecule has 1 aliphatic rings. The molecule has 5 heteroatoms. The van der Waals surface area contributed by atoms with Crippen LogP contribution in [0.4, 0.5) is 0 Å². The van der Waals surface area contributed by atoms with Crippen molar-refractivity contribution in [3.05, 3.63) is 58.3 Å². The lowest BCUT2D eigenvalue weighted by atomic mass is 10.1. The first kappa shape index (κ1) is 17.6. The van der Waals surface area contributed by atoms with Crippen molar-refractivity contribution < 1.29 is 9.84 Å². The van der Waals surface area contributed by atoms with E-state index in [1.54, 1.807) is 0 Å². The minimum absolute atomic E-state index is 0.363. The van der Waals surface area contributed by atoms with E-state index in [-0.39, 0.29) is 0 Å². The molecular weight excluding hydrogens is 320 g/mol. The number of hydrogen-bond acceptors (Lipinski definition) is 5. The Balaban J connectivity index is 1.63. The normalized spacial score (nSPS) is 18.6. The summed E-state index contributed by atoms with van der Waals surface area (Å²) < 4.78 is 5.50. The van der Waals surface area contributed by atoms with Gasteiger partial charge in [0.15, 0.2) is 0 Å². The minimum atomic E-state index is -0.454. The molecule has 2 atom stereocenters. The standard InChI is InChI=1S/C19H26N2O2S/c1-20(15-18(22)16-6-3-2-4-7-16)14-17(19-8-5-13-24-19)21-9-11-23-12-10-21/h2-8,13,17-18,22H,9-12,14-15H2,1H3. The zero-order valence-electron chi connectivity index (χ0n) is 14.2. The summed E-state index contributed by atoms with van der Waals surface area (Å²) >= 11 is 1.81. The van der Waals surface area contributed by atoms with E-state index in [9.17, 15) is 5.11 Å². The first-order valence-electron chi connectivity index (χ1n) is 8.51.